The van der Waals surface area contributed by atoms with Gasteiger partial charge in [-0.2, -0.15) is 8.78 Å². The van der Waals surface area contributed by atoms with Crippen molar-refractivity contribution in [3.63, 3.8) is 0 Å². The molecule has 2 rings (SSSR count). The van der Waals surface area contributed by atoms with Crippen LogP contribution in [-0.4, -0.2) is 44.8 Å². The lowest BCUT2D eigenvalue weighted by atomic mass is 10.0. The highest BCUT2D eigenvalue weighted by molar-refractivity contribution is 5.35. The zero-order valence-corrected chi connectivity index (χ0v) is 17.0. The molecule has 0 aromatic heterocycles. The summed E-state index contributed by atoms with van der Waals surface area (Å²) in [6.07, 6.45) is 1.27. The third-order valence-electron chi connectivity index (χ3n) is 4.50. The van der Waals surface area contributed by atoms with E-state index in [1.165, 1.54) is 6.07 Å². The molecule has 2 aromatic rings. The van der Waals surface area contributed by atoms with E-state index in [0.29, 0.717) is 19.3 Å². The van der Waals surface area contributed by atoms with Gasteiger partial charge >= 0.3 is 6.61 Å². The zero-order chi connectivity index (χ0) is 21.2. The highest BCUT2D eigenvalue weighted by Crippen LogP contribution is 2.24. The van der Waals surface area contributed by atoms with Crippen molar-refractivity contribution in [3.05, 3.63) is 59.7 Å². The quantitative estimate of drug-likeness (QED) is 0.457. The Labute approximate surface area is 170 Å². The molecule has 0 radical (unpaired) electrons. The van der Waals surface area contributed by atoms with Gasteiger partial charge in [0, 0.05) is 6.42 Å². The lowest BCUT2D eigenvalue weighted by Gasteiger charge is -2.28. The van der Waals surface area contributed by atoms with Crippen LogP contribution in [0.2, 0.25) is 0 Å². The summed E-state index contributed by atoms with van der Waals surface area (Å²) in [6.45, 7) is -1.86. The third kappa shape index (κ3) is 7.95. The van der Waals surface area contributed by atoms with Gasteiger partial charge in [-0.15, -0.1) is 0 Å². The molecule has 0 saturated carbocycles. The van der Waals surface area contributed by atoms with Gasteiger partial charge in [-0.1, -0.05) is 30.3 Å². The minimum atomic E-state index is -2.84. The summed E-state index contributed by atoms with van der Waals surface area (Å²) in [6, 6.07) is 14.4. The fourth-order valence-corrected chi connectivity index (χ4v) is 2.95. The van der Waals surface area contributed by atoms with Gasteiger partial charge in [0.05, 0.1) is 6.10 Å². The van der Waals surface area contributed by atoms with Crippen LogP contribution in [0, 0.1) is 0 Å². The Morgan fingerprint density at radius 2 is 1.72 bits per heavy atom. The summed E-state index contributed by atoms with van der Waals surface area (Å²) >= 11 is 0. The highest BCUT2D eigenvalue weighted by atomic mass is 19.3. The highest BCUT2D eigenvalue weighted by Gasteiger charge is 2.19. The lowest BCUT2D eigenvalue weighted by Crippen LogP contribution is -2.36. The van der Waals surface area contributed by atoms with Gasteiger partial charge in [-0.05, 0) is 63.2 Å². The number of nitrogens with zero attached hydrogens (tertiary/aromatic N) is 1. The number of alkyl halides is 3. The number of ether oxygens (including phenoxy) is 3. The number of hydrogen-bond acceptors (Lipinski definition) is 4. The van der Waals surface area contributed by atoms with E-state index in [-0.39, 0.29) is 18.1 Å². The summed E-state index contributed by atoms with van der Waals surface area (Å²) in [5.74, 6) is 0.884. The minimum Gasteiger partial charge on any atom is -0.475 e. The summed E-state index contributed by atoms with van der Waals surface area (Å²) in [7, 11) is 3.79. The van der Waals surface area contributed by atoms with Crippen molar-refractivity contribution in [2.24, 2.45) is 0 Å². The second-order valence-electron chi connectivity index (χ2n) is 6.99. The Morgan fingerprint density at radius 3 is 2.41 bits per heavy atom. The molecule has 7 heteroatoms. The predicted molar refractivity (Wildman–Crippen MR) is 106 cm³/mol. The first kappa shape index (κ1) is 23.0. The number of benzene rings is 2. The van der Waals surface area contributed by atoms with Crippen LogP contribution < -0.4 is 9.47 Å². The van der Waals surface area contributed by atoms with Gasteiger partial charge in [0.15, 0.2) is 13.1 Å². The number of para-hydroxylation sites is 1. The molecule has 2 aromatic carbocycles. The lowest BCUT2D eigenvalue weighted by molar-refractivity contribution is -0.0499. The molecule has 0 aliphatic carbocycles. The Balaban J connectivity index is 2.06. The van der Waals surface area contributed by atoms with Crippen LogP contribution in [0.4, 0.5) is 13.2 Å². The number of hydrogen-bond donors (Lipinski definition) is 0. The van der Waals surface area contributed by atoms with E-state index in [1.54, 1.807) is 19.1 Å². The van der Waals surface area contributed by atoms with E-state index in [9.17, 15) is 13.2 Å². The molecule has 0 heterocycles. The molecule has 0 N–H and O–H groups in total. The van der Waals surface area contributed by atoms with Crippen molar-refractivity contribution < 1.29 is 27.4 Å². The summed E-state index contributed by atoms with van der Waals surface area (Å²) in [5.41, 5.74) is 1.89. The third-order valence-corrected chi connectivity index (χ3v) is 4.50. The van der Waals surface area contributed by atoms with E-state index in [0.717, 1.165) is 16.9 Å². The fraction of sp³-hybridized carbons (Fsp3) is 0.455. The van der Waals surface area contributed by atoms with E-state index >= 15 is 0 Å². The van der Waals surface area contributed by atoms with Crippen molar-refractivity contribution >= 4 is 0 Å². The first-order chi connectivity index (χ1) is 13.9. The normalized spacial score (nSPS) is 13.5. The van der Waals surface area contributed by atoms with Crippen LogP contribution in [0.5, 0.6) is 11.5 Å². The summed E-state index contributed by atoms with van der Waals surface area (Å²) < 4.78 is 52.9. The Morgan fingerprint density at radius 1 is 0.966 bits per heavy atom. The molecular weight excluding hydrogens is 383 g/mol. The number of halogens is 3. The molecular formula is C22H28F3NO3. The maximum absolute atomic E-state index is 12.4. The zero-order valence-electron chi connectivity index (χ0n) is 17.0. The smallest absolute Gasteiger partial charge is 0.387 e. The van der Waals surface area contributed by atoms with Crippen LogP contribution in [-0.2, 0) is 17.6 Å². The maximum Gasteiger partial charge on any atom is 0.387 e. The monoisotopic (exact) mass is 411 g/mol. The standard InChI is InChI=1S/C22H28F3NO3/c1-16(27-15-23)13-21(26(2)3)29-20-10-5-4-8-18(20)12-11-17-7-6-9-19(14-17)28-22(24)25/h4-10,14,16,21-22H,11-13,15H2,1-3H3. The molecule has 160 valence electrons. The molecule has 0 amide bonds. The van der Waals surface area contributed by atoms with Crippen LogP contribution >= 0.6 is 0 Å². The minimum absolute atomic E-state index is 0.150. The molecule has 0 aliphatic heterocycles. The Bertz CT molecular complexity index is 743. The van der Waals surface area contributed by atoms with E-state index in [2.05, 4.69) is 4.74 Å². The van der Waals surface area contributed by atoms with Gasteiger partial charge in [0.2, 0.25) is 0 Å². The van der Waals surface area contributed by atoms with E-state index in [4.69, 9.17) is 9.47 Å². The van der Waals surface area contributed by atoms with Crippen molar-refractivity contribution in [2.45, 2.75) is 45.1 Å². The van der Waals surface area contributed by atoms with Gasteiger partial charge in [0.1, 0.15) is 11.5 Å². The largest absolute Gasteiger partial charge is 0.475 e. The van der Waals surface area contributed by atoms with E-state index < -0.39 is 13.5 Å². The molecule has 0 spiro atoms. The maximum atomic E-state index is 12.4. The van der Waals surface area contributed by atoms with Crippen molar-refractivity contribution in [1.82, 2.24) is 4.90 Å². The molecule has 0 bridgehead atoms. The Kier molecular flexibility index (Phi) is 9.28. The predicted octanol–water partition coefficient (Wildman–Crippen LogP) is 5.06. The molecule has 2 atom stereocenters. The average molecular weight is 411 g/mol. The van der Waals surface area contributed by atoms with Crippen LogP contribution in [0.25, 0.3) is 0 Å². The number of aryl methyl sites for hydroxylation is 2. The molecule has 29 heavy (non-hydrogen) atoms. The second kappa shape index (κ2) is 11.7. The molecule has 0 fully saturated rings. The van der Waals surface area contributed by atoms with Gasteiger partial charge < -0.3 is 14.2 Å². The average Bonchev–Trinajstić information content (AvgIpc) is 2.66. The van der Waals surface area contributed by atoms with Gasteiger partial charge in [-0.25, -0.2) is 4.39 Å². The van der Waals surface area contributed by atoms with Crippen molar-refractivity contribution in [2.75, 3.05) is 21.0 Å². The number of rotatable bonds is 12. The SMILES string of the molecule is CC(CC(Oc1ccccc1CCc1cccc(OC(F)F)c1)N(C)C)OCF. The molecule has 0 saturated heterocycles. The molecule has 4 nitrogen and oxygen atoms in total. The second-order valence-corrected chi connectivity index (χ2v) is 6.99. The summed E-state index contributed by atoms with van der Waals surface area (Å²) in [4.78, 5) is 1.92. The Hall–Kier alpha value is -2.25. The van der Waals surface area contributed by atoms with Gasteiger partial charge in [0.25, 0.3) is 0 Å². The molecule has 0 aliphatic rings. The topological polar surface area (TPSA) is 30.9 Å². The summed E-state index contributed by atoms with van der Waals surface area (Å²) in [5, 5.41) is 0. The first-order valence-corrected chi connectivity index (χ1v) is 9.51. The van der Waals surface area contributed by atoms with Crippen molar-refractivity contribution in [3.8, 4) is 11.5 Å². The fourth-order valence-electron chi connectivity index (χ4n) is 2.95. The first-order valence-electron chi connectivity index (χ1n) is 9.51. The van der Waals surface area contributed by atoms with Crippen LogP contribution in [0.3, 0.4) is 0 Å². The van der Waals surface area contributed by atoms with E-state index in [1.807, 2.05) is 49.3 Å². The van der Waals surface area contributed by atoms with Crippen molar-refractivity contribution in [1.29, 1.82) is 0 Å². The van der Waals surface area contributed by atoms with Crippen LogP contribution in [0.15, 0.2) is 48.5 Å². The van der Waals surface area contributed by atoms with Crippen LogP contribution in [0.1, 0.15) is 24.5 Å². The molecule has 2 unspecified atom stereocenters. The van der Waals surface area contributed by atoms with Gasteiger partial charge in [-0.3, -0.25) is 4.90 Å².